The van der Waals surface area contributed by atoms with Crippen LogP contribution in [-0.4, -0.2) is 16.2 Å². The Morgan fingerprint density at radius 1 is 1.47 bits per heavy atom. The summed E-state index contributed by atoms with van der Waals surface area (Å²) in [6.07, 6.45) is 0.714. The van der Waals surface area contributed by atoms with E-state index < -0.39 is 5.41 Å². The van der Waals surface area contributed by atoms with Crippen molar-refractivity contribution in [2.45, 2.75) is 47.6 Å². The predicted molar refractivity (Wildman–Crippen MR) is 70.2 cm³/mol. The van der Waals surface area contributed by atoms with Crippen molar-refractivity contribution in [1.82, 2.24) is 5.06 Å². The molecule has 1 aromatic rings. The number of nitrogens with zero attached hydrogens (tertiary/aromatic N) is 1. The molecule has 1 aromatic heterocycles. The van der Waals surface area contributed by atoms with E-state index in [-0.39, 0.29) is 12.5 Å². The van der Waals surface area contributed by atoms with Crippen LogP contribution in [-0.2, 0) is 11.3 Å². The van der Waals surface area contributed by atoms with Gasteiger partial charge in [0.2, 0.25) is 0 Å². The molecule has 0 atom stereocenters. The molecule has 0 unspecified atom stereocenters. The fourth-order valence-electron chi connectivity index (χ4n) is 1.45. The van der Waals surface area contributed by atoms with E-state index in [1.807, 2.05) is 40.7 Å². The second-order valence-corrected chi connectivity index (χ2v) is 6.39. The highest BCUT2D eigenvalue weighted by molar-refractivity contribution is 7.12. The van der Waals surface area contributed by atoms with Gasteiger partial charge in [-0.05, 0) is 31.9 Å². The molecule has 0 radical (unpaired) electrons. The van der Waals surface area contributed by atoms with Crippen LogP contribution >= 0.6 is 11.3 Å². The summed E-state index contributed by atoms with van der Waals surface area (Å²) >= 11 is 1.62. The molecule has 0 aromatic carbocycles. The molecule has 1 N–H and O–H groups in total. The quantitative estimate of drug-likeness (QED) is 0.660. The van der Waals surface area contributed by atoms with Gasteiger partial charge >= 0.3 is 0 Å². The van der Waals surface area contributed by atoms with Gasteiger partial charge < -0.3 is 0 Å². The number of rotatable bonds is 4. The highest BCUT2D eigenvalue weighted by Gasteiger charge is 2.29. The molecule has 0 bridgehead atoms. The minimum absolute atomic E-state index is 0.219. The van der Waals surface area contributed by atoms with Crippen LogP contribution in [0.5, 0.6) is 0 Å². The van der Waals surface area contributed by atoms with Crippen molar-refractivity contribution in [3.8, 4) is 0 Å². The van der Waals surface area contributed by atoms with Crippen LogP contribution in [0, 0.1) is 19.3 Å². The molecule has 0 spiro atoms. The molecule has 3 nitrogen and oxygen atoms in total. The lowest BCUT2D eigenvalue weighted by molar-refractivity contribution is -0.178. The zero-order chi connectivity index (χ0) is 13.2. The van der Waals surface area contributed by atoms with Crippen LogP contribution in [0.25, 0.3) is 0 Å². The van der Waals surface area contributed by atoms with E-state index in [0.29, 0.717) is 6.42 Å². The van der Waals surface area contributed by atoms with E-state index in [1.54, 1.807) is 11.3 Å². The van der Waals surface area contributed by atoms with Gasteiger partial charge in [-0.25, -0.2) is 5.06 Å². The van der Waals surface area contributed by atoms with Gasteiger partial charge in [0.05, 0.1) is 6.54 Å². The largest absolute Gasteiger partial charge is 0.286 e. The van der Waals surface area contributed by atoms with E-state index in [0.717, 1.165) is 9.94 Å². The van der Waals surface area contributed by atoms with Crippen molar-refractivity contribution in [2.75, 3.05) is 0 Å². The van der Waals surface area contributed by atoms with E-state index in [1.165, 1.54) is 10.4 Å². The topological polar surface area (TPSA) is 40.5 Å². The number of carbonyl (C=O) groups is 1. The monoisotopic (exact) mass is 255 g/mol. The van der Waals surface area contributed by atoms with Gasteiger partial charge in [-0.15, -0.1) is 11.3 Å². The second-order valence-electron chi connectivity index (χ2n) is 5.05. The van der Waals surface area contributed by atoms with Gasteiger partial charge in [0.15, 0.2) is 0 Å². The average Bonchev–Trinajstić information content (AvgIpc) is 2.56. The maximum atomic E-state index is 12.0. The predicted octanol–water partition coefficient (Wildman–Crippen LogP) is 3.52. The molecule has 0 saturated heterocycles. The van der Waals surface area contributed by atoms with Crippen LogP contribution in [0.2, 0.25) is 0 Å². The van der Waals surface area contributed by atoms with Gasteiger partial charge in [-0.2, -0.15) is 0 Å². The Kier molecular flexibility index (Phi) is 4.33. The summed E-state index contributed by atoms with van der Waals surface area (Å²) in [6.45, 7) is 10.0. The number of thiophene rings is 1. The normalized spacial score (nSPS) is 11.6. The summed E-state index contributed by atoms with van der Waals surface area (Å²) < 4.78 is 0. The Balaban J connectivity index is 2.73. The molecule has 0 saturated carbocycles. The Labute approximate surface area is 107 Å². The third-order valence-electron chi connectivity index (χ3n) is 3.22. The molecule has 0 fully saturated rings. The number of carbonyl (C=O) groups excluding carboxylic acids is 1. The summed E-state index contributed by atoms with van der Waals surface area (Å²) in [5, 5.41) is 10.7. The van der Waals surface area contributed by atoms with Crippen LogP contribution in [0.1, 0.15) is 42.5 Å². The third kappa shape index (κ3) is 3.30. The van der Waals surface area contributed by atoms with Crippen LogP contribution in [0.4, 0.5) is 0 Å². The highest BCUT2D eigenvalue weighted by atomic mass is 32.1. The first-order valence-electron chi connectivity index (χ1n) is 5.84. The van der Waals surface area contributed by atoms with E-state index >= 15 is 0 Å². The van der Waals surface area contributed by atoms with Gasteiger partial charge in [-0.1, -0.05) is 20.8 Å². The molecular formula is C13H21NO2S. The molecular weight excluding hydrogens is 234 g/mol. The van der Waals surface area contributed by atoms with E-state index in [4.69, 9.17) is 0 Å². The van der Waals surface area contributed by atoms with E-state index in [9.17, 15) is 10.0 Å². The first-order chi connectivity index (χ1) is 7.77. The number of hydrogen-bond donors (Lipinski definition) is 1. The zero-order valence-electron chi connectivity index (χ0n) is 11.2. The maximum Gasteiger partial charge on any atom is 0.251 e. The summed E-state index contributed by atoms with van der Waals surface area (Å²) in [7, 11) is 0. The molecule has 17 heavy (non-hydrogen) atoms. The fourth-order valence-corrected chi connectivity index (χ4v) is 2.48. The van der Waals surface area contributed by atoms with E-state index in [2.05, 4.69) is 0 Å². The lowest BCUT2D eigenvalue weighted by atomic mass is 9.89. The molecule has 1 heterocycles. The Bertz CT molecular complexity index is 390. The number of hydroxylamine groups is 2. The lowest BCUT2D eigenvalue weighted by Crippen LogP contribution is -2.37. The van der Waals surface area contributed by atoms with Crippen molar-refractivity contribution >= 4 is 17.2 Å². The number of hydrogen-bond acceptors (Lipinski definition) is 3. The van der Waals surface area contributed by atoms with Gasteiger partial charge in [0.25, 0.3) is 5.91 Å². The first kappa shape index (κ1) is 14.2. The zero-order valence-corrected chi connectivity index (χ0v) is 12.0. The Morgan fingerprint density at radius 2 is 2.06 bits per heavy atom. The number of aryl methyl sites for hydroxylation is 2. The van der Waals surface area contributed by atoms with Gasteiger partial charge in [-0.3, -0.25) is 10.0 Å². The Morgan fingerprint density at radius 3 is 2.47 bits per heavy atom. The molecule has 0 aliphatic rings. The Hall–Kier alpha value is -0.870. The van der Waals surface area contributed by atoms with Crippen LogP contribution < -0.4 is 0 Å². The summed E-state index contributed by atoms with van der Waals surface area (Å²) in [5.74, 6) is -0.219. The average molecular weight is 255 g/mol. The third-order valence-corrected chi connectivity index (χ3v) is 4.36. The van der Waals surface area contributed by atoms with Crippen molar-refractivity contribution in [3.05, 3.63) is 21.4 Å². The highest BCUT2D eigenvalue weighted by Crippen LogP contribution is 2.26. The van der Waals surface area contributed by atoms with Gasteiger partial charge in [0.1, 0.15) is 0 Å². The minimum Gasteiger partial charge on any atom is -0.286 e. The molecule has 1 amide bonds. The van der Waals surface area contributed by atoms with Gasteiger partial charge in [0, 0.05) is 15.2 Å². The summed E-state index contributed by atoms with van der Waals surface area (Å²) in [4.78, 5) is 14.2. The second kappa shape index (κ2) is 5.19. The van der Waals surface area contributed by atoms with Crippen LogP contribution in [0.15, 0.2) is 6.07 Å². The first-order valence-corrected chi connectivity index (χ1v) is 6.66. The fraction of sp³-hybridized carbons (Fsp3) is 0.615. The standard InChI is InChI=1S/C13H21NO2S/c1-6-13(4,5)12(15)14(16)8-11-7-9(2)10(3)17-11/h7,16H,6,8H2,1-5H3. The summed E-state index contributed by atoms with van der Waals surface area (Å²) in [5.41, 5.74) is 0.705. The molecule has 96 valence electrons. The SMILES string of the molecule is CCC(C)(C)C(=O)N(O)Cc1cc(C)c(C)s1. The van der Waals surface area contributed by atoms with Crippen molar-refractivity contribution < 1.29 is 10.0 Å². The maximum absolute atomic E-state index is 12.0. The summed E-state index contributed by atoms with van der Waals surface area (Å²) in [6, 6.07) is 2.02. The number of amides is 1. The van der Waals surface area contributed by atoms with Crippen molar-refractivity contribution in [2.24, 2.45) is 5.41 Å². The lowest BCUT2D eigenvalue weighted by Gasteiger charge is -2.26. The molecule has 0 aliphatic carbocycles. The smallest absolute Gasteiger partial charge is 0.251 e. The van der Waals surface area contributed by atoms with Crippen molar-refractivity contribution in [3.63, 3.8) is 0 Å². The van der Waals surface area contributed by atoms with Crippen molar-refractivity contribution in [1.29, 1.82) is 0 Å². The molecule has 4 heteroatoms. The molecule has 1 rings (SSSR count). The molecule has 0 aliphatic heterocycles. The van der Waals surface area contributed by atoms with Crippen LogP contribution in [0.3, 0.4) is 0 Å². The minimum atomic E-state index is -0.504.